The quantitative estimate of drug-likeness (QED) is 0.817. The summed E-state index contributed by atoms with van der Waals surface area (Å²) in [6.07, 6.45) is 8.77. The lowest BCUT2D eigenvalue weighted by Gasteiger charge is -2.21. The molecule has 1 spiro atoms. The zero-order valence-electron chi connectivity index (χ0n) is 11.4. The highest BCUT2D eigenvalue weighted by Crippen LogP contribution is 2.52. The number of fused-ring (bicyclic) bond motifs is 2. The van der Waals surface area contributed by atoms with E-state index < -0.39 is 5.41 Å². The molecular formula is C16H17N3O. The SMILES string of the molecule is CNC1C=CC2=C(C1)C[C@@]1(C2)C(=O)Nc2ncccc21. The maximum Gasteiger partial charge on any atom is 0.236 e. The number of carbonyl (C=O) groups excluding carboxylic acids is 1. The van der Waals surface area contributed by atoms with Crippen LogP contribution in [0, 0.1) is 0 Å². The fourth-order valence-corrected chi connectivity index (χ4v) is 3.73. The molecule has 20 heavy (non-hydrogen) atoms. The third-order valence-electron chi connectivity index (χ3n) is 4.82. The Kier molecular flexibility index (Phi) is 2.39. The maximum absolute atomic E-state index is 12.5. The lowest BCUT2D eigenvalue weighted by Crippen LogP contribution is -2.32. The minimum atomic E-state index is -0.415. The van der Waals surface area contributed by atoms with Crippen LogP contribution in [0.15, 0.2) is 41.6 Å². The van der Waals surface area contributed by atoms with Crippen LogP contribution in [-0.4, -0.2) is 24.0 Å². The van der Waals surface area contributed by atoms with Crippen molar-refractivity contribution in [2.45, 2.75) is 30.7 Å². The molecule has 2 N–H and O–H groups in total. The zero-order valence-corrected chi connectivity index (χ0v) is 11.4. The molecule has 102 valence electrons. The van der Waals surface area contributed by atoms with Crippen molar-refractivity contribution in [3.05, 3.63) is 47.2 Å². The molecule has 4 nitrogen and oxygen atoms in total. The first-order valence-electron chi connectivity index (χ1n) is 7.06. The van der Waals surface area contributed by atoms with Crippen LogP contribution in [0.25, 0.3) is 0 Å². The topological polar surface area (TPSA) is 54.0 Å². The van der Waals surface area contributed by atoms with Crippen molar-refractivity contribution in [2.24, 2.45) is 0 Å². The number of allylic oxidation sites excluding steroid dienone is 2. The number of pyridine rings is 1. The number of carbonyl (C=O) groups is 1. The average molecular weight is 267 g/mol. The fourth-order valence-electron chi connectivity index (χ4n) is 3.73. The van der Waals surface area contributed by atoms with Gasteiger partial charge in [-0.15, -0.1) is 0 Å². The summed E-state index contributed by atoms with van der Waals surface area (Å²) >= 11 is 0. The summed E-state index contributed by atoms with van der Waals surface area (Å²) in [5.41, 5.74) is 3.40. The summed E-state index contributed by atoms with van der Waals surface area (Å²) < 4.78 is 0. The number of nitrogens with one attached hydrogen (secondary N) is 2. The van der Waals surface area contributed by atoms with Crippen LogP contribution < -0.4 is 10.6 Å². The minimum Gasteiger partial charge on any atom is -0.313 e. The van der Waals surface area contributed by atoms with Crippen molar-refractivity contribution in [3.8, 4) is 0 Å². The van der Waals surface area contributed by atoms with Crippen molar-refractivity contribution in [2.75, 3.05) is 12.4 Å². The molecule has 1 amide bonds. The largest absolute Gasteiger partial charge is 0.313 e. The van der Waals surface area contributed by atoms with E-state index in [2.05, 4.69) is 27.8 Å². The Bertz CT molecular complexity index is 661. The van der Waals surface area contributed by atoms with Crippen LogP contribution in [0.4, 0.5) is 5.82 Å². The first kappa shape index (κ1) is 11.9. The Labute approximate surface area is 118 Å². The Morgan fingerprint density at radius 3 is 3.20 bits per heavy atom. The van der Waals surface area contributed by atoms with Crippen LogP contribution in [0.2, 0.25) is 0 Å². The minimum absolute atomic E-state index is 0.106. The molecule has 0 bridgehead atoms. The number of amides is 1. The molecule has 0 fully saturated rings. The molecule has 1 aliphatic heterocycles. The molecule has 1 aromatic rings. The normalized spacial score (nSPS) is 30.6. The van der Waals surface area contributed by atoms with Crippen molar-refractivity contribution >= 4 is 11.7 Å². The summed E-state index contributed by atoms with van der Waals surface area (Å²) in [7, 11) is 1.98. The van der Waals surface area contributed by atoms with Gasteiger partial charge in [-0.3, -0.25) is 4.79 Å². The van der Waals surface area contributed by atoms with Gasteiger partial charge >= 0.3 is 0 Å². The number of nitrogens with zero attached hydrogens (tertiary/aromatic N) is 1. The predicted molar refractivity (Wildman–Crippen MR) is 77.4 cm³/mol. The van der Waals surface area contributed by atoms with Crippen molar-refractivity contribution in [1.82, 2.24) is 10.3 Å². The molecule has 2 heterocycles. The molecule has 0 aromatic carbocycles. The van der Waals surface area contributed by atoms with E-state index in [1.54, 1.807) is 6.20 Å². The van der Waals surface area contributed by atoms with E-state index in [9.17, 15) is 4.79 Å². The van der Waals surface area contributed by atoms with Crippen LogP contribution in [0.3, 0.4) is 0 Å². The Hall–Kier alpha value is -1.94. The number of rotatable bonds is 1. The van der Waals surface area contributed by atoms with Gasteiger partial charge in [-0.1, -0.05) is 23.8 Å². The second kappa shape index (κ2) is 4.03. The second-order valence-corrected chi connectivity index (χ2v) is 5.88. The molecule has 3 aliphatic rings. The van der Waals surface area contributed by atoms with Gasteiger partial charge in [-0.05, 0) is 37.9 Å². The number of aromatic nitrogens is 1. The van der Waals surface area contributed by atoms with Gasteiger partial charge in [-0.25, -0.2) is 4.98 Å². The van der Waals surface area contributed by atoms with E-state index in [1.807, 2.05) is 19.2 Å². The number of likely N-dealkylation sites (N-methyl/N-ethyl adjacent to an activating group) is 1. The van der Waals surface area contributed by atoms with Gasteiger partial charge in [0, 0.05) is 17.8 Å². The van der Waals surface area contributed by atoms with E-state index in [0.29, 0.717) is 6.04 Å². The third kappa shape index (κ3) is 1.45. The number of hydrogen-bond donors (Lipinski definition) is 2. The van der Waals surface area contributed by atoms with E-state index in [-0.39, 0.29) is 5.91 Å². The molecule has 0 saturated carbocycles. The van der Waals surface area contributed by atoms with Crippen molar-refractivity contribution in [3.63, 3.8) is 0 Å². The van der Waals surface area contributed by atoms with Gasteiger partial charge < -0.3 is 10.6 Å². The highest BCUT2D eigenvalue weighted by Gasteiger charge is 2.51. The monoisotopic (exact) mass is 267 g/mol. The smallest absolute Gasteiger partial charge is 0.236 e. The van der Waals surface area contributed by atoms with E-state index >= 15 is 0 Å². The molecule has 1 aromatic heterocycles. The van der Waals surface area contributed by atoms with Crippen LogP contribution in [0.5, 0.6) is 0 Å². The van der Waals surface area contributed by atoms with Gasteiger partial charge in [0.1, 0.15) is 5.82 Å². The van der Waals surface area contributed by atoms with Gasteiger partial charge in [0.05, 0.1) is 5.41 Å². The summed E-state index contributed by atoms with van der Waals surface area (Å²) in [6, 6.07) is 4.35. The number of hydrogen-bond acceptors (Lipinski definition) is 3. The Morgan fingerprint density at radius 2 is 2.35 bits per heavy atom. The van der Waals surface area contributed by atoms with Crippen LogP contribution >= 0.6 is 0 Å². The van der Waals surface area contributed by atoms with Crippen molar-refractivity contribution in [1.29, 1.82) is 0 Å². The first-order chi connectivity index (χ1) is 9.73. The summed E-state index contributed by atoms with van der Waals surface area (Å²) in [5, 5.41) is 6.24. The number of anilines is 1. The molecule has 4 heteroatoms. The fraction of sp³-hybridized carbons (Fsp3) is 0.375. The molecule has 1 unspecified atom stereocenters. The zero-order chi connectivity index (χ0) is 13.7. The lowest BCUT2D eigenvalue weighted by atomic mass is 9.78. The third-order valence-corrected chi connectivity index (χ3v) is 4.82. The summed E-state index contributed by atoms with van der Waals surface area (Å²) in [6.45, 7) is 0. The van der Waals surface area contributed by atoms with E-state index in [1.165, 1.54) is 11.1 Å². The highest BCUT2D eigenvalue weighted by molar-refractivity contribution is 6.06. The predicted octanol–water partition coefficient (Wildman–Crippen LogP) is 1.91. The van der Waals surface area contributed by atoms with Gasteiger partial charge in [-0.2, -0.15) is 0 Å². The first-order valence-corrected chi connectivity index (χ1v) is 7.06. The van der Waals surface area contributed by atoms with Crippen LogP contribution in [-0.2, 0) is 10.2 Å². The maximum atomic E-state index is 12.5. The van der Waals surface area contributed by atoms with E-state index in [0.717, 1.165) is 30.6 Å². The van der Waals surface area contributed by atoms with Gasteiger partial charge in [0.25, 0.3) is 0 Å². The standard InChI is InChI=1S/C16H17N3O/c1-17-12-5-4-10-8-16(9-11(10)7-12)13-3-2-6-18-14(13)19-15(16)20/h2-6,12,17H,7-9H2,1H3,(H,18,19,20)/t12?,16-/m1/s1. The van der Waals surface area contributed by atoms with Crippen LogP contribution in [0.1, 0.15) is 24.8 Å². The van der Waals surface area contributed by atoms with E-state index in [4.69, 9.17) is 0 Å². The van der Waals surface area contributed by atoms with Gasteiger partial charge in [0.15, 0.2) is 0 Å². The molecular weight excluding hydrogens is 250 g/mol. The molecule has 2 atom stereocenters. The molecule has 0 saturated heterocycles. The van der Waals surface area contributed by atoms with Gasteiger partial charge in [0.2, 0.25) is 5.91 Å². The highest BCUT2D eigenvalue weighted by atomic mass is 16.2. The summed E-state index contributed by atoms with van der Waals surface area (Å²) in [5.74, 6) is 0.849. The molecule has 2 aliphatic carbocycles. The Balaban J connectivity index is 1.73. The Morgan fingerprint density at radius 1 is 1.45 bits per heavy atom. The summed E-state index contributed by atoms with van der Waals surface area (Å²) in [4.78, 5) is 16.8. The second-order valence-electron chi connectivity index (χ2n) is 5.88. The lowest BCUT2D eigenvalue weighted by molar-refractivity contribution is -0.120. The average Bonchev–Trinajstić information content (AvgIpc) is 2.98. The molecule has 4 rings (SSSR count). The molecule has 0 radical (unpaired) electrons. The van der Waals surface area contributed by atoms with Crippen molar-refractivity contribution < 1.29 is 4.79 Å².